The maximum absolute atomic E-state index is 12.9. The number of hydrogen-bond acceptors (Lipinski definition) is 7. The number of carbonyl (C=O) groups excluding carboxylic acids is 1. The highest BCUT2D eigenvalue weighted by Gasteiger charge is 2.21. The smallest absolute Gasteiger partial charge is 0.387 e. The van der Waals surface area contributed by atoms with Crippen LogP contribution in [0.15, 0.2) is 35.5 Å². The van der Waals surface area contributed by atoms with Gasteiger partial charge in [0.1, 0.15) is 5.75 Å². The van der Waals surface area contributed by atoms with Gasteiger partial charge < -0.3 is 14.0 Å². The Hall–Kier alpha value is -2.79. The van der Waals surface area contributed by atoms with Crippen molar-refractivity contribution in [3.8, 4) is 11.4 Å². The number of alkyl halides is 2. The van der Waals surface area contributed by atoms with E-state index in [4.69, 9.17) is 4.74 Å². The number of aryl methyl sites for hydroxylation is 1. The van der Waals surface area contributed by atoms with Gasteiger partial charge in [0.05, 0.1) is 18.4 Å². The van der Waals surface area contributed by atoms with Gasteiger partial charge in [-0.3, -0.25) is 4.79 Å². The molecular formula is C21H23F2N5O3S. The number of rotatable bonds is 9. The summed E-state index contributed by atoms with van der Waals surface area (Å²) in [6.07, 6.45) is 2.11. The molecule has 3 heterocycles. The number of thioether (sulfide) groups is 1. The van der Waals surface area contributed by atoms with Crippen LogP contribution in [0.4, 0.5) is 8.78 Å². The maximum atomic E-state index is 12.9. The molecule has 0 amide bonds. The van der Waals surface area contributed by atoms with Gasteiger partial charge in [0, 0.05) is 29.2 Å². The van der Waals surface area contributed by atoms with Crippen LogP contribution in [0.2, 0.25) is 0 Å². The lowest BCUT2D eigenvalue weighted by Crippen LogP contribution is -2.17. The Balaban J connectivity index is 1.44. The van der Waals surface area contributed by atoms with E-state index in [1.165, 1.54) is 23.9 Å². The number of halogens is 2. The van der Waals surface area contributed by atoms with Crippen LogP contribution in [0.1, 0.15) is 34.6 Å². The Morgan fingerprint density at radius 1 is 1.31 bits per heavy atom. The number of aromatic nitrogens is 5. The average molecular weight is 464 g/mol. The molecule has 8 nitrogen and oxygen atoms in total. The van der Waals surface area contributed by atoms with E-state index in [2.05, 4.69) is 20.3 Å². The van der Waals surface area contributed by atoms with Crippen LogP contribution >= 0.6 is 11.8 Å². The van der Waals surface area contributed by atoms with Gasteiger partial charge in [-0.05, 0) is 67.4 Å². The maximum Gasteiger partial charge on any atom is 0.387 e. The van der Waals surface area contributed by atoms with E-state index < -0.39 is 6.61 Å². The molecule has 0 bridgehead atoms. The topological polar surface area (TPSA) is 84.1 Å². The lowest BCUT2D eigenvalue weighted by molar-refractivity contribution is -0.0498. The molecule has 32 heavy (non-hydrogen) atoms. The molecule has 0 N–H and O–H groups in total. The summed E-state index contributed by atoms with van der Waals surface area (Å²) in [6, 6.07) is 8.15. The zero-order valence-electron chi connectivity index (χ0n) is 17.7. The molecule has 0 aliphatic carbocycles. The molecule has 0 spiro atoms. The Bertz CT molecular complexity index is 1080. The zero-order valence-corrected chi connectivity index (χ0v) is 18.5. The largest absolute Gasteiger partial charge is 0.435 e. The summed E-state index contributed by atoms with van der Waals surface area (Å²) < 4.78 is 38.4. The van der Waals surface area contributed by atoms with Crippen LogP contribution in [0, 0.1) is 13.8 Å². The highest BCUT2D eigenvalue weighted by atomic mass is 32.2. The third-order valence-corrected chi connectivity index (χ3v) is 6.24. The third-order valence-electron chi connectivity index (χ3n) is 5.28. The van der Waals surface area contributed by atoms with E-state index in [1.807, 2.05) is 24.5 Å². The van der Waals surface area contributed by atoms with Crippen molar-refractivity contribution in [3.63, 3.8) is 0 Å². The first kappa shape index (κ1) is 22.4. The fourth-order valence-electron chi connectivity index (χ4n) is 3.82. The number of nitrogens with zero attached hydrogens (tertiary/aromatic N) is 5. The van der Waals surface area contributed by atoms with Gasteiger partial charge in [0.25, 0.3) is 0 Å². The number of carbonyl (C=O) groups is 1. The van der Waals surface area contributed by atoms with Gasteiger partial charge in [-0.25, -0.2) is 4.68 Å². The molecule has 1 atom stereocenters. The highest BCUT2D eigenvalue weighted by molar-refractivity contribution is 7.99. The Morgan fingerprint density at radius 2 is 2.09 bits per heavy atom. The first-order chi connectivity index (χ1) is 15.4. The summed E-state index contributed by atoms with van der Waals surface area (Å²) in [5.41, 5.74) is 2.99. The number of benzene rings is 1. The van der Waals surface area contributed by atoms with Gasteiger partial charge in [-0.15, -0.1) is 5.10 Å². The average Bonchev–Trinajstić information content (AvgIpc) is 3.49. The van der Waals surface area contributed by atoms with Crippen LogP contribution in [0.25, 0.3) is 5.69 Å². The van der Waals surface area contributed by atoms with Gasteiger partial charge in [-0.1, -0.05) is 11.8 Å². The van der Waals surface area contributed by atoms with E-state index in [0.29, 0.717) is 17.3 Å². The van der Waals surface area contributed by atoms with E-state index in [0.717, 1.165) is 36.5 Å². The van der Waals surface area contributed by atoms with Crippen molar-refractivity contribution in [2.45, 2.75) is 51.1 Å². The quantitative estimate of drug-likeness (QED) is 0.352. The van der Waals surface area contributed by atoms with Crippen molar-refractivity contribution < 1.29 is 23.0 Å². The predicted octanol–water partition coefficient (Wildman–Crippen LogP) is 3.84. The minimum atomic E-state index is -2.87. The lowest BCUT2D eigenvalue weighted by Gasteiger charge is -2.11. The molecule has 1 aliphatic rings. The number of ketones is 1. The molecule has 1 unspecified atom stereocenters. The van der Waals surface area contributed by atoms with Gasteiger partial charge in [0.15, 0.2) is 5.78 Å². The SMILES string of the molecule is Cc1cc(C(=O)CSc2nnnn2CC2CCCO2)c(C)n1-c1ccc(OC(F)F)cc1. The Morgan fingerprint density at radius 3 is 2.78 bits per heavy atom. The summed E-state index contributed by atoms with van der Waals surface area (Å²) in [4.78, 5) is 12.9. The zero-order chi connectivity index (χ0) is 22.7. The van der Waals surface area contributed by atoms with Crippen molar-refractivity contribution in [2.75, 3.05) is 12.4 Å². The summed E-state index contributed by atoms with van der Waals surface area (Å²) in [5, 5.41) is 12.4. The molecule has 11 heteroatoms. The number of ether oxygens (including phenoxy) is 2. The van der Waals surface area contributed by atoms with Crippen LogP contribution in [-0.2, 0) is 11.3 Å². The molecule has 0 radical (unpaired) electrons. The number of tetrazole rings is 1. The van der Waals surface area contributed by atoms with E-state index in [-0.39, 0.29) is 23.4 Å². The molecule has 2 aromatic heterocycles. The van der Waals surface area contributed by atoms with Gasteiger partial charge in [0.2, 0.25) is 5.16 Å². The van der Waals surface area contributed by atoms with Crippen LogP contribution in [0.5, 0.6) is 5.75 Å². The van der Waals surface area contributed by atoms with E-state index in [1.54, 1.807) is 16.8 Å². The summed E-state index contributed by atoms with van der Waals surface area (Å²) in [5.74, 6) is 0.232. The highest BCUT2D eigenvalue weighted by Crippen LogP contribution is 2.26. The lowest BCUT2D eigenvalue weighted by atomic mass is 10.2. The summed E-state index contributed by atoms with van der Waals surface area (Å²) in [7, 11) is 0. The monoisotopic (exact) mass is 463 g/mol. The normalized spacial score (nSPS) is 16.1. The minimum Gasteiger partial charge on any atom is -0.435 e. The molecular weight excluding hydrogens is 440 g/mol. The molecule has 1 aromatic carbocycles. The first-order valence-corrected chi connectivity index (χ1v) is 11.2. The minimum absolute atomic E-state index is 0.0429. The molecule has 0 saturated carbocycles. The molecule has 1 fully saturated rings. The van der Waals surface area contributed by atoms with Crippen molar-refractivity contribution in [2.24, 2.45) is 0 Å². The molecule has 1 aliphatic heterocycles. The molecule has 3 aromatic rings. The Kier molecular flexibility index (Phi) is 6.85. The van der Waals surface area contributed by atoms with Crippen molar-refractivity contribution in [1.29, 1.82) is 0 Å². The molecule has 170 valence electrons. The van der Waals surface area contributed by atoms with Crippen molar-refractivity contribution >= 4 is 17.5 Å². The predicted molar refractivity (Wildman–Crippen MR) is 114 cm³/mol. The fraction of sp³-hybridized carbons (Fsp3) is 0.429. The second-order valence-electron chi connectivity index (χ2n) is 7.48. The standard InChI is InChI=1S/C21H23F2N5O3S/c1-13-10-18(14(2)28(13)15-5-7-16(8-6-15)31-20(22)23)19(29)12-32-21-24-25-26-27(21)11-17-4-3-9-30-17/h5-8,10,17,20H,3-4,9,11-12H2,1-2H3. The fourth-order valence-corrected chi connectivity index (χ4v) is 4.59. The van der Waals surface area contributed by atoms with Crippen LogP contribution < -0.4 is 4.74 Å². The number of Topliss-reactive ketones (excluding diaryl/α,β-unsaturated/α-hetero) is 1. The first-order valence-electron chi connectivity index (χ1n) is 10.2. The van der Waals surface area contributed by atoms with Crippen molar-refractivity contribution in [1.82, 2.24) is 24.8 Å². The van der Waals surface area contributed by atoms with Gasteiger partial charge in [-0.2, -0.15) is 8.78 Å². The summed E-state index contributed by atoms with van der Waals surface area (Å²) in [6.45, 7) is 2.21. The van der Waals surface area contributed by atoms with Crippen LogP contribution in [0.3, 0.4) is 0 Å². The second-order valence-corrected chi connectivity index (χ2v) is 8.43. The van der Waals surface area contributed by atoms with Crippen molar-refractivity contribution in [3.05, 3.63) is 47.3 Å². The van der Waals surface area contributed by atoms with Crippen LogP contribution in [-0.4, -0.2) is 55.6 Å². The number of hydrogen-bond donors (Lipinski definition) is 0. The Labute approximate surface area is 187 Å². The molecule has 4 rings (SSSR count). The summed E-state index contributed by atoms with van der Waals surface area (Å²) >= 11 is 1.29. The third kappa shape index (κ3) is 4.99. The molecule has 1 saturated heterocycles. The van der Waals surface area contributed by atoms with Gasteiger partial charge >= 0.3 is 6.61 Å². The van der Waals surface area contributed by atoms with E-state index in [9.17, 15) is 13.6 Å². The second kappa shape index (κ2) is 9.78. The van der Waals surface area contributed by atoms with E-state index >= 15 is 0 Å².